The van der Waals surface area contributed by atoms with Gasteiger partial charge in [-0.15, -0.1) is 0 Å². The van der Waals surface area contributed by atoms with Crippen LogP contribution in [0.4, 0.5) is 4.39 Å². The molecule has 0 radical (unpaired) electrons. The first-order valence-electron chi connectivity index (χ1n) is 4.39. The van der Waals surface area contributed by atoms with E-state index in [-0.39, 0.29) is 5.82 Å². The predicted octanol–water partition coefficient (Wildman–Crippen LogP) is 3.72. The molecule has 14 heavy (non-hydrogen) atoms. The van der Waals surface area contributed by atoms with Gasteiger partial charge in [-0.2, -0.15) is 11.8 Å². The fraction of sp³-hybridized carbons (Fsp3) is 0.400. The van der Waals surface area contributed by atoms with Crippen molar-refractivity contribution in [1.82, 2.24) is 0 Å². The lowest BCUT2D eigenvalue weighted by molar-refractivity contribution is 0.341. The van der Waals surface area contributed by atoms with E-state index in [4.69, 9.17) is 4.74 Å². The molecule has 1 aromatic rings. The lowest BCUT2D eigenvalue weighted by Crippen LogP contribution is -2.00. The Bertz CT molecular complexity index is 273. The molecule has 1 aromatic carbocycles. The lowest BCUT2D eigenvalue weighted by Gasteiger charge is -2.05. The minimum absolute atomic E-state index is 0.280. The molecule has 0 heterocycles. The highest BCUT2D eigenvalue weighted by Gasteiger charge is 1.99. The number of hydrogen-bond donors (Lipinski definition) is 0. The summed E-state index contributed by atoms with van der Waals surface area (Å²) in [7, 11) is 0. The van der Waals surface area contributed by atoms with Gasteiger partial charge in [-0.3, -0.25) is 0 Å². The monoisotopic (exact) mass is 278 g/mol. The Kier molecular flexibility index (Phi) is 5.33. The molecule has 1 nitrogen and oxygen atoms in total. The van der Waals surface area contributed by atoms with Crippen LogP contribution in [-0.4, -0.2) is 18.1 Å². The quantitative estimate of drug-likeness (QED) is 0.760. The van der Waals surface area contributed by atoms with Crippen LogP contribution in [0, 0.1) is 5.82 Å². The van der Waals surface area contributed by atoms with Gasteiger partial charge in [-0.25, -0.2) is 4.39 Å². The molecule has 0 aromatic heterocycles. The summed E-state index contributed by atoms with van der Waals surface area (Å²) in [6.07, 6.45) is 0. The molecular formula is C10H12BrFOS. The first kappa shape index (κ1) is 11.9. The Hall–Kier alpha value is -0.220. The molecule has 4 heteroatoms. The van der Waals surface area contributed by atoms with Gasteiger partial charge in [-0.1, -0.05) is 22.9 Å². The fourth-order valence-corrected chi connectivity index (χ4v) is 1.91. The molecular weight excluding hydrogens is 267 g/mol. The zero-order valence-electron chi connectivity index (χ0n) is 7.93. The molecule has 0 N–H and O–H groups in total. The Balaban J connectivity index is 2.42. The summed E-state index contributed by atoms with van der Waals surface area (Å²) in [5.74, 6) is 2.31. The van der Waals surface area contributed by atoms with E-state index in [9.17, 15) is 4.39 Å². The van der Waals surface area contributed by atoms with Gasteiger partial charge in [0.05, 0.1) is 6.61 Å². The van der Waals surface area contributed by atoms with E-state index in [1.165, 1.54) is 12.1 Å². The largest absolute Gasteiger partial charge is 0.493 e. The molecule has 0 unspecified atom stereocenters. The Morgan fingerprint density at radius 1 is 1.43 bits per heavy atom. The van der Waals surface area contributed by atoms with Crippen LogP contribution in [0.25, 0.3) is 0 Å². The maximum absolute atomic E-state index is 12.9. The third kappa shape index (κ3) is 4.33. The Labute approximate surface area is 96.2 Å². The Morgan fingerprint density at radius 2 is 2.21 bits per heavy atom. The molecule has 0 aliphatic carbocycles. The van der Waals surface area contributed by atoms with E-state index in [1.54, 1.807) is 17.8 Å². The summed E-state index contributed by atoms with van der Waals surface area (Å²) in [5.41, 5.74) is 0. The standard InChI is InChI=1S/C10H12BrFOS/c1-2-14-4-3-13-10-6-8(11)5-9(12)7-10/h5-7H,2-4H2,1H3. The van der Waals surface area contributed by atoms with Gasteiger partial charge in [0.2, 0.25) is 0 Å². The average molecular weight is 279 g/mol. The van der Waals surface area contributed by atoms with E-state index in [2.05, 4.69) is 22.9 Å². The van der Waals surface area contributed by atoms with E-state index in [1.807, 2.05) is 0 Å². The van der Waals surface area contributed by atoms with Crippen LogP contribution >= 0.6 is 27.7 Å². The molecule has 0 amide bonds. The van der Waals surface area contributed by atoms with Gasteiger partial charge in [0, 0.05) is 16.3 Å². The number of thioether (sulfide) groups is 1. The van der Waals surface area contributed by atoms with Gasteiger partial charge in [0.15, 0.2) is 0 Å². The second kappa shape index (κ2) is 6.30. The first-order valence-corrected chi connectivity index (χ1v) is 6.33. The maximum Gasteiger partial charge on any atom is 0.128 e. The molecule has 0 bridgehead atoms. The van der Waals surface area contributed by atoms with Crippen LogP contribution in [-0.2, 0) is 0 Å². The van der Waals surface area contributed by atoms with Crippen molar-refractivity contribution in [1.29, 1.82) is 0 Å². The summed E-state index contributed by atoms with van der Waals surface area (Å²) in [6, 6.07) is 4.56. The van der Waals surface area contributed by atoms with Crippen molar-refractivity contribution in [2.24, 2.45) is 0 Å². The summed E-state index contributed by atoms with van der Waals surface area (Å²) < 4.78 is 19.0. The van der Waals surface area contributed by atoms with Crippen LogP contribution in [0.1, 0.15) is 6.92 Å². The smallest absolute Gasteiger partial charge is 0.128 e. The van der Waals surface area contributed by atoms with E-state index >= 15 is 0 Å². The minimum Gasteiger partial charge on any atom is -0.493 e. The number of hydrogen-bond acceptors (Lipinski definition) is 2. The predicted molar refractivity (Wildman–Crippen MR) is 62.6 cm³/mol. The third-order valence-corrected chi connectivity index (χ3v) is 2.86. The van der Waals surface area contributed by atoms with Gasteiger partial charge < -0.3 is 4.74 Å². The highest BCUT2D eigenvalue weighted by atomic mass is 79.9. The summed E-state index contributed by atoms with van der Waals surface area (Å²) >= 11 is 5.02. The van der Waals surface area contributed by atoms with Crippen LogP contribution < -0.4 is 4.74 Å². The van der Waals surface area contributed by atoms with Gasteiger partial charge in [-0.05, 0) is 17.9 Å². The molecule has 0 saturated heterocycles. The van der Waals surface area contributed by atoms with Crippen molar-refractivity contribution >= 4 is 27.7 Å². The average Bonchev–Trinajstić information content (AvgIpc) is 2.11. The van der Waals surface area contributed by atoms with Crippen molar-refractivity contribution in [3.63, 3.8) is 0 Å². The van der Waals surface area contributed by atoms with Crippen LogP contribution in [0.15, 0.2) is 22.7 Å². The third-order valence-electron chi connectivity index (χ3n) is 1.54. The zero-order valence-corrected chi connectivity index (χ0v) is 10.3. The minimum atomic E-state index is -0.280. The SMILES string of the molecule is CCSCCOc1cc(F)cc(Br)c1. The fourth-order valence-electron chi connectivity index (χ4n) is 0.975. The first-order chi connectivity index (χ1) is 6.72. The van der Waals surface area contributed by atoms with Gasteiger partial charge in [0.1, 0.15) is 11.6 Å². The molecule has 78 valence electrons. The van der Waals surface area contributed by atoms with Crippen molar-refractivity contribution in [3.05, 3.63) is 28.5 Å². The molecule has 0 atom stereocenters. The van der Waals surface area contributed by atoms with Crippen LogP contribution in [0.3, 0.4) is 0 Å². The molecule has 0 aliphatic heterocycles. The zero-order chi connectivity index (χ0) is 10.4. The van der Waals surface area contributed by atoms with E-state index in [0.717, 1.165) is 11.5 Å². The summed E-state index contributed by atoms with van der Waals surface area (Å²) in [5, 5.41) is 0. The number of benzene rings is 1. The topological polar surface area (TPSA) is 9.23 Å². The highest BCUT2D eigenvalue weighted by molar-refractivity contribution is 9.10. The lowest BCUT2D eigenvalue weighted by atomic mass is 10.3. The van der Waals surface area contributed by atoms with Crippen molar-refractivity contribution < 1.29 is 9.13 Å². The molecule has 1 rings (SSSR count). The maximum atomic E-state index is 12.9. The second-order valence-electron chi connectivity index (χ2n) is 2.65. The molecule has 0 aliphatic rings. The van der Waals surface area contributed by atoms with Crippen LogP contribution in [0.2, 0.25) is 0 Å². The van der Waals surface area contributed by atoms with Gasteiger partial charge >= 0.3 is 0 Å². The summed E-state index contributed by atoms with van der Waals surface area (Å²) in [4.78, 5) is 0. The van der Waals surface area contributed by atoms with Crippen molar-refractivity contribution in [2.45, 2.75) is 6.92 Å². The number of ether oxygens (including phenoxy) is 1. The van der Waals surface area contributed by atoms with Crippen LogP contribution in [0.5, 0.6) is 5.75 Å². The van der Waals surface area contributed by atoms with E-state index < -0.39 is 0 Å². The molecule has 0 saturated carbocycles. The number of rotatable bonds is 5. The molecule has 0 spiro atoms. The number of halogens is 2. The molecule has 0 fully saturated rings. The normalized spacial score (nSPS) is 10.2. The van der Waals surface area contributed by atoms with E-state index in [0.29, 0.717) is 16.8 Å². The second-order valence-corrected chi connectivity index (χ2v) is 4.96. The summed E-state index contributed by atoms with van der Waals surface area (Å²) in [6.45, 7) is 2.72. The van der Waals surface area contributed by atoms with Crippen molar-refractivity contribution in [3.8, 4) is 5.75 Å². The van der Waals surface area contributed by atoms with Gasteiger partial charge in [0.25, 0.3) is 0 Å². The van der Waals surface area contributed by atoms with Crippen molar-refractivity contribution in [2.75, 3.05) is 18.1 Å². The highest BCUT2D eigenvalue weighted by Crippen LogP contribution is 2.20. The Morgan fingerprint density at radius 3 is 2.86 bits per heavy atom.